The third kappa shape index (κ3) is 1.64. The highest BCUT2D eigenvalue weighted by atomic mass is 35.5. The third-order valence-corrected chi connectivity index (χ3v) is 2.78. The molecule has 6 heteroatoms. The van der Waals surface area contributed by atoms with Crippen LogP contribution < -0.4 is 11.5 Å². The van der Waals surface area contributed by atoms with Crippen LogP contribution >= 0.6 is 22.9 Å². The number of hydrogen-bond donors (Lipinski definition) is 2. The van der Waals surface area contributed by atoms with Crippen molar-refractivity contribution in [2.24, 2.45) is 0 Å². The van der Waals surface area contributed by atoms with Crippen LogP contribution in [-0.4, -0.2) is 10.2 Å². The van der Waals surface area contributed by atoms with Crippen LogP contribution in [0.5, 0.6) is 0 Å². The smallest absolute Gasteiger partial charge is 0.203 e. The van der Waals surface area contributed by atoms with Gasteiger partial charge in [-0.3, -0.25) is 0 Å². The standard InChI is InChI=1S/C8H7ClN4S/c9-6-2-1-4(10)3-5(6)7-12-13-8(11)14-7/h1-3H,10H2,(H2,11,13). The van der Waals surface area contributed by atoms with Gasteiger partial charge in [0.1, 0.15) is 0 Å². The lowest BCUT2D eigenvalue weighted by Gasteiger charge is -2.00. The molecule has 0 aliphatic carbocycles. The predicted octanol–water partition coefficient (Wildman–Crippen LogP) is 2.02. The Labute approximate surface area is 89.5 Å². The number of nitrogens with two attached hydrogens (primary N) is 2. The third-order valence-electron chi connectivity index (χ3n) is 1.66. The maximum absolute atomic E-state index is 5.98. The zero-order valence-corrected chi connectivity index (χ0v) is 8.64. The molecule has 0 amide bonds. The van der Waals surface area contributed by atoms with Crippen LogP contribution in [0.15, 0.2) is 18.2 Å². The Morgan fingerprint density at radius 1 is 1.21 bits per heavy atom. The molecule has 4 N–H and O–H groups in total. The maximum Gasteiger partial charge on any atom is 0.203 e. The number of anilines is 2. The highest BCUT2D eigenvalue weighted by Gasteiger charge is 2.08. The number of rotatable bonds is 1. The van der Waals surface area contributed by atoms with E-state index in [2.05, 4.69) is 10.2 Å². The molecule has 0 spiro atoms. The summed E-state index contributed by atoms with van der Waals surface area (Å²) < 4.78 is 0. The number of nitrogens with zero attached hydrogens (tertiary/aromatic N) is 2. The molecule has 1 heterocycles. The van der Waals surface area contributed by atoms with Crippen LogP contribution in [0.3, 0.4) is 0 Å². The Balaban J connectivity index is 2.55. The predicted molar refractivity (Wildman–Crippen MR) is 59.2 cm³/mol. The van der Waals surface area contributed by atoms with Gasteiger partial charge in [0, 0.05) is 11.3 Å². The fourth-order valence-electron chi connectivity index (χ4n) is 1.05. The number of hydrogen-bond acceptors (Lipinski definition) is 5. The molecule has 0 bridgehead atoms. The largest absolute Gasteiger partial charge is 0.399 e. The van der Waals surface area contributed by atoms with Crippen molar-refractivity contribution < 1.29 is 0 Å². The highest BCUT2D eigenvalue weighted by molar-refractivity contribution is 7.18. The van der Waals surface area contributed by atoms with Crippen molar-refractivity contribution in [3.05, 3.63) is 23.2 Å². The molecule has 2 aromatic rings. The first-order valence-corrected chi connectivity index (χ1v) is 5.00. The molecule has 1 aromatic heterocycles. The van der Waals surface area contributed by atoms with Crippen LogP contribution in [-0.2, 0) is 0 Å². The number of nitrogen functional groups attached to an aromatic ring is 2. The summed E-state index contributed by atoms with van der Waals surface area (Å²) >= 11 is 7.26. The molecule has 2 rings (SSSR count). The average Bonchev–Trinajstić information content (AvgIpc) is 2.56. The molecular formula is C8H7ClN4S. The van der Waals surface area contributed by atoms with Gasteiger partial charge in [-0.1, -0.05) is 22.9 Å². The van der Waals surface area contributed by atoms with Crippen LogP contribution in [0, 0.1) is 0 Å². The lowest BCUT2D eigenvalue weighted by Crippen LogP contribution is -1.86. The van der Waals surface area contributed by atoms with Crippen molar-refractivity contribution in [1.29, 1.82) is 0 Å². The Morgan fingerprint density at radius 2 is 2.00 bits per heavy atom. The van der Waals surface area contributed by atoms with Crippen molar-refractivity contribution in [3.8, 4) is 10.6 Å². The molecule has 0 aliphatic heterocycles. The van der Waals surface area contributed by atoms with Gasteiger partial charge < -0.3 is 11.5 Å². The van der Waals surface area contributed by atoms with Gasteiger partial charge in [-0.2, -0.15) is 0 Å². The Morgan fingerprint density at radius 3 is 2.64 bits per heavy atom. The Bertz CT molecular complexity index is 468. The van der Waals surface area contributed by atoms with E-state index in [4.69, 9.17) is 23.1 Å². The Kier molecular flexibility index (Phi) is 2.26. The van der Waals surface area contributed by atoms with Crippen LogP contribution in [0.1, 0.15) is 0 Å². The molecule has 1 aromatic carbocycles. The molecule has 0 unspecified atom stereocenters. The van der Waals surface area contributed by atoms with E-state index in [0.717, 1.165) is 5.56 Å². The van der Waals surface area contributed by atoms with Crippen molar-refractivity contribution in [3.63, 3.8) is 0 Å². The minimum atomic E-state index is 0.415. The molecule has 0 fully saturated rings. The number of benzene rings is 1. The molecule has 4 nitrogen and oxygen atoms in total. The molecule has 0 saturated carbocycles. The Hall–Kier alpha value is -1.33. The van der Waals surface area contributed by atoms with E-state index in [1.807, 2.05) is 0 Å². The molecule has 0 aliphatic rings. The van der Waals surface area contributed by atoms with E-state index in [1.54, 1.807) is 18.2 Å². The molecular weight excluding hydrogens is 220 g/mol. The quantitative estimate of drug-likeness (QED) is 0.730. The van der Waals surface area contributed by atoms with Gasteiger partial charge >= 0.3 is 0 Å². The van der Waals surface area contributed by atoms with Gasteiger partial charge in [0.05, 0.1) is 5.02 Å². The summed E-state index contributed by atoms with van der Waals surface area (Å²) in [5.41, 5.74) is 12.5. The van der Waals surface area contributed by atoms with Crippen molar-refractivity contribution >= 4 is 33.8 Å². The van der Waals surface area contributed by atoms with Gasteiger partial charge in [-0.05, 0) is 18.2 Å². The minimum absolute atomic E-state index is 0.415. The van der Waals surface area contributed by atoms with E-state index in [9.17, 15) is 0 Å². The lowest BCUT2D eigenvalue weighted by atomic mass is 10.2. The first kappa shape index (κ1) is 9.23. The SMILES string of the molecule is Nc1ccc(Cl)c(-c2nnc(N)s2)c1. The zero-order chi connectivity index (χ0) is 10.1. The highest BCUT2D eigenvalue weighted by Crippen LogP contribution is 2.32. The first-order valence-electron chi connectivity index (χ1n) is 3.81. The molecule has 0 saturated heterocycles. The fraction of sp³-hybridized carbons (Fsp3) is 0. The average molecular weight is 227 g/mol. The van der Waals surface area contributed by atoms with Gasteiger partial charge in [0.25, 0.3) is 0 Å². The second kappa shape index (κ2) is 3.43. The summed E-state index contributed by atoms with van der Waals surface area (Å²) in [6.45, 7) is 0. The van der Waals surface area contributed by atoms with E-state index >= 15 is 0 Å². The van der Waals surface area contributed by atoms with Gasteiger partial charge in [0.2, 0.25) is 5.13 Å². The molecule has 14 heavy (non-hydrogen) atoms. The summed E-state index contributed by atoms with van der Waals surface area (Å²) in [7, 11) is 0. The summed E-state index contributed by atoms with van der Waals surface area (Å²) in [5, 5.41) is 9.29. The summed E-state index contributed by atoms with van der Waals surface area (Å²) in [6.07, 6.45) is 0. The minimum Gasteiger partial charge on any atom is -0.399 e. The van der Waals surface area contributed by atoms with E-state index < -0.39 is 0 Å². The lowest BCUT2D eigenvalue weighted by molar-refractivity contribution is 1.10. The second-order valence-electron chi connectivity index (χ2n) is 2.68. The van der Waals surface area contributed by atoms with Gasteiger partial charge in [0.15, 0.2) is 5.01 Å². The summed E-state index contributed by atoms with van der Waals surface area (Å²) in [5.74, 6) is 0. The van der Waals surface area contributed by atoms with Crippen LogP contribution in [0.25, 0.3) is 10.6 Å². The van der Waals surface area contributed by atoms with E-state index in [0.29, 0.717) is 20.8 Å². The maximum atomic E-state index is 5.98. The summed E-state index contributed by atoms with van der Waals surface area (Å²) in [6, 6.07) is 5.21. The molecule has 72 valence electrons. The van der Waals surface area contributed by atoms with Gasteiger partial charge in [-0.25, -0.2) is 0 Å². The van der Waals surface area contributed by atoms with Gasteiger partial charge in [-0.15, -0.1) is 10.2 Å². The topological polar surface area (TPSA) is 77.8 Å². The van der Waals surface area contributed by atoms with Crippen LogP contribution in [0.4, 0.5) is 10.8 Å². The monoisotopic (exact) mass is 226 g/mol. The number of halogens is 1. The number of aromatic nitrogens is 2. The second-order valence-corrected chi connectivity index (χ2v) is 4.10. The van der Waals surface area contributed by atoms with Crippen molar-refractivity contribution in [1.82, 2.24) is 10.2 Å². The zero-order valence-electron chi connectivity index (χ0n) is 7.07. The van der Waals surface area contributed by atoms with Crippen molar-refractivity contribution in [2.45, 2.75) is 0 Å². The molecule has 0 atom stereocenters. The molecule has 0 radical (unpaired) electrons. The normalized spacial score (nSPS) is 10.4. The summed E-state index contributed by atoms with van der Waals surface area (Å²) in [4.78, 5) is 0. The first-order chi connectivity index (χ1) is 6.66. The van der Waals surface area contributed by atoms with E-state index in [-0.39, 0.29) is 0 Å². The fourth-order valence-corrected chi connectivity index (χ4v) is 1.95. The van der Waals surface area contributed by atoms with Crippen molar-refractivity contribution in [2.75, 3.05) is 11.5 Å². The van der Waals surface area contributed by atoms with E-state index in [1.165, 1.54) is 11.3 Å². The van der Waals surface area contributed by atoms with Crippen LogP contribution in [0.2, 0.25) is 5.02 Å².